The molecule has 3 rings (SSSR count). The molecule has 1 aromatic heterocycles. The lowest BCUT2D eigenvalue weighted by Gasteiger charge is -2.08. The molecule has 0 saturated carbocycles. The third kappa shape index (κ3) is 5.20. The molecule has 0 aliphatic rings. The molecular weight excluding hydrogens is 356 g/mol. The minimum atomic E-state index is -0.233. The van der Waals surface area contributed by atoms with Gasteiger partial charge in [-0.05, 0) is 48.9 Å². The number of hydrogen-bond donors (Lipinski definition) is 2. The summed E-state index contributed by atoms with van der Waals surface area (Å²) in [5.74, 6) is 1.76. The van der Waals surface area contributed by atoms with Gasteiger partial charge in [-0.15, -0.1) is 0 Å². The van der Waals surface area contributed by atoms with Crippen LogP contribution in [0.2, 0.25) is 0 Å². The molecule has 0 aliphatic heterocycles. The van der Waals surface area contributed by atoms with Crippen molar-refractivity contribution in [3.8, 4) is 11.5 Å². The molecule has 1 amide bonds. The van der Waals surface area contributed by atoms with Crippen LogP contribution in [-0.2, 0) is 6.54 Å². The highest BCUT2D eigenvalue weighted by atomic mass is 16.5. The number of carbonyl (C=O) groups excluding carboxylic acids is 1. The molecule has 0 bridgehead atoms. The summed E-state index contributed by atoms with van der Waals surface area (Å²) >= 11 is 0. The summed E-state index contributed by atoms with van der Waals surface area (Å²) in [6.07, 6.45) is 2.99. The van der Waals surface area contributed by atoms with Gasteiger partial charge in [0.05, 0.1) is 19.3 Å². The van der Waals surface area contributed by atoms with Crippen LogP contribution < -0.4 is 20.1 Å². The first-order chi connectivity index (χ1) is 13.7. The predicted octanol–water partition coefficient (Wildman–Crippen LogP) is 3.56. The zero-order valence-electron chi connectivity index (χ0n) is 15.8. The lowest BCUT2D eigenvalue weighted by atomic mass is 10.2. The summed E-state index contributed by atoms with van der Waals surface area (Å²) < 4.78 is 10.5. The van der Waals surface area contributed by atoms with Crippen LogP contribution in [0.1, 0.15) is 22.8 Å². The Morgan fingerprint density at radius 2 is 1.61 bits per heavy atom. The molecule has 0 saturated heterocycles. The van der Waals surface area contributed by atoms with Crippen molar-refractivity contribution in [1.82, 2.24) is 15.3 Å². The lowest BCUT2D eigenvalue weighted by Crippen LogP contribution is -2.23. The molecular formula is C21H22N4O3. The van der Waals surface area contributed by atoms with E-state index in [9.17, 15) is 4.79 Å². The zero-order valence-corrected chi connectivity index (χ0v) is 15.8. The number of hydrogen-bond acceptors (Lipinski definition) is 6. The molecule has 0 radical (unpaired) electrons. The van der Waals surface area contributed by atoms with Crippen molar-refractivity contribution in [1.29, 1.82) is 0 Å². The Labute approximate surface area is 163 Å². The van der Waals surface area contributed by atoms with Gasteiger partial charge in [0.2, 0.25) is 5.95 Å². The number of methoxy groups -OCH3 is 1. The fourth-order valence-corrected chi connectivity index (χ4v) is 2.47. The van der Waals surface area contributed by atoms with Crippen LogP contribution >= 0.6 is 0 Å². The number of amides is 1. The van der Waals surface area contributed by atoms with E-state index in [-0.39, 0.29) is 5.91 Å². The fourth-order valence-electron chi connectivity index (χ4n) is 2.47. The SMILES string of the molecule is CCOc1ccc(Nc2ncc(C(=O)NCc3ccc(OC)cc3)cn2)cc1. The van der Waals surface area contributed by atoms with Gasteiger partial charge in [0.25, 0.3) is 5.91 Å². The largest absolute Gasteiger partial charge is 0.497 e. The third-order valence-electron chi connectivity index (χ3n) is 3.95. The second-order valence-corrected chi connectivity index (χ2v) is 5.91. The number of carbonyl (C=O) groups is 1. The van der Waals surface area contributed by atoms with Crippen LogP contribution in [0.5, 0.6) is 11.5 Å². The Balaban J connectivity index is 1.54. The topological polar surface area (TPSA) is 85.4 Å². The number of nitrogens with one attached hydrogen (secondary N) is 2. The van der Waals surface area contributed by atoms with E-state index in [1.165, 1.54) is 12.4 Å². The summed E-state index contributed by atoms with van der Waals surface area (Å²) in [6, 6.07) is 15.0. The lowest BCUT2D eigenvalue weighted by molar-refractivity contribution is 0.0950. The van der Waals surface area contributed by atoms with Crippen molar-refractivity contribution in [2.24, 2.45) is 0 Å². The smallest absolute Gasteiger partial charge is 0.254 e. The minimum Gasteiger partial charge on any atom is -0.497 e. The molecule has 0 fully saturated rings. The molecule has 0 atom stereocenters. The van der Waals surface area contributed by atoms with Crippen LogP contribution in [0.25, 0.3) is 0 Å². The van der Waals surface area contributed by atoms with E-state index in [1.807, 2.05) is 55.5 Å². The van der Waals surface area contributed by atoms with Gasteiger partial charge < -0.3 is 20.1 Å². The maximum atomic E-state index is 12.3. The Hall–Kier alpha value is -3.61. The quantitative estimate of drug-likeness (QED) is 0.623. The molecule has 2 aromatic carbocycles. The van der Waals surface area contributed by atoms with E-state index in [0.29, 0.717) is 24.7 Å². The average Bonchev–Trinajstić information content (AvgIpc) is 2.74. The van der Waals surface area contributed by atoms with E-state index in [1.54, 1.807) is 7.11 Å². The van der Waals surface area contributed by atoms with Gasteiger partial charge in [-0.1, -0.05) is 12.1 Å². The predicted molar refractivity (Wildman–Crippen MR) is 107 cm³/mol. The second kappa shape index (κ2) is 9.36. The van der Waals surface area contributed by atoms with Crippen LogP contribution in [0.3, 0.4) is 0 Å². The summed E-state index contributed by atoms with van der Waals surface area (Å²) in [5.41, 5.74) is 2.20. The minimum absolute atomic E-state index is 0.233. The zero-order chi connectivity index (χ0) is 19.8. The van der Waals surface area contributed by atoms with Crippen molar-refractivity contribution < 1.29 is 14.3 Å². The van der Waals surface area contributed by atoms with Gasteiger partial charge in [-0.2, -0.15) is 0 Å². The van der Waals surface area contributed by atoms with E-state index in [4.69, 9.17) is 9.47 Å². The van der Waals surface area contributed by atoms with Crippen LogP contribution in [-0.4, -0.2) is 29.6 Å². The van der Waals surface area contributed by atoms with Gasteiger partial charge in [0, 0.05) is 24.6 Å². The molecule has 0 spiro atoms. The summed E-state index contributed by atoms with van der Waals surface area (Å²) in [5, 5.41) is 5.93. The average molecular weight is 378 g/mol. The molecule has 7 nitrogen and oxygen atoms in total. The highest BCUT2D eigenvalue weighted by Gasteiger charge is 2.07. The standard InChI is InChI=1S/C21H22N4O3/c1-3-28-19-10-6-17(7-11-19)25-21-23-13-16(14-24-21)20(26)22-12-15-4-8-18(27-2)9-5-15/h4-11,13-14H,3,12H2,1-2H3,(H,22,26)(H,23,24,25). The maximum absolute atomic E-state index is 12.3. The highest BCUT2D eigenvalue weighted by molar-refractivity contribution is 5.93. The van der Waals surface area contributed by atoms with Gasteiger partial charge in [0.15, 0.2) is 0 Å². The number of ether oxygens (including phenoxy) is 2. The first kappa shape index (κ1) is 19.2. The Bertz CT molecular complexity index is 894. The van der Waals surface area contributed by atoms with Crippen LogP contribution in [0, 0.1) is 0 Å². The highest BCUT2D eigenvalue weighted by Crippen LogP contribution is 2.18. The maximum Gasteiger partial charge on any atom is 0.254 e. The van der Waals surface area contributed by atoms with E-state index >= 15 is 0 Å². The summed E-state index contributed by atoms with van der Waals surface area (Å²) in [4.78, 5) is 20.7. The van der Waals surface area contributed by atoms with Crippen LogP contribution in [0.15, 0.2) is 60.9 Å². The first-order valence-electron chi connectivity index (χ1n) is 8.91. The fraction of sp³-hybridized carbons (Fsp3) is 0.190. The molecule has 144 valence electrons. The van der Waals surface area contributed by atoms with Gasteiger partial charge in [-0.25, -0.2) is 9.97 Å². The second-order valence-electron chi connectivity index (χ2n) is 5.91. The number of benzene rings is 2. The van der Waals surface area contributed by atoms with Gasteiger partial charge >= 0.3 is 0 Å². The Morgan fingerprint density at radius 1 is 0.964 bits per heavy atom. The first-order valence-corrected chi connectivity index (χ1v) is 8.91. The number of anilines is 2. The van der Waals surface area contributed by atoms with Gasteiger partial charge in [0.1, 0.15) is 11.5 Å². The van der Waals surface area contributed by atoms with Crippen molar-refractivity contribution in [3.05, 3.63) is 72.1 Å². The van der Waals surface area contributed by atoms with E-state index < -0.39 is 0 Å². The van der Waals surface area contributed by atoms with Gasteiger partial charge in [-0.3, -0.25) is 4.79 Å². The van der Waals surface area contributed by atoms with Crippen molar-refractivity contribution in [2.45, 2.75) is 13.5 Å². The Morgan fingerprint density at radius 3 is 2.21 bits per heavy atom. The summed E-state index contributed by atoms with van der Waals surface area (Å²) in [6.45, 7) is 2.97. The Kier molecular flexibility index (Phi) is 6.41. The number of nitrogens with zero attached hydrogens (tertiary/aromatic N) is 2. The molecule has 0 unspecified atom stereocenters. The third-order valence-corrected chi connectivity index (χ3v) is 3.95. The number of aromatic nitrogens is 2. The van der Waals surface area contributed by atoms with E-state index in [0.717, 1.165) is 22.7 Å². The van der Waals surface area contributed by atoms with E-state index in [2.05, 4.69) is 20.6 Å². The summed E-state index contributed by atoms with van der Waals surface area (Å²) in [7, 11) is 1.62. The molecule has 1 heterocycles. The molecule has 0 aliphatic carbocycles. The normalized spacial score (nSPS) is 10.2. The monoisotopic (exact) mass is 378 g/mol. The number of rotatable bonds is 8. The van der Waals surface area contributed by atoms with Crippen molar-refractivity contribution in [2.75, 3.05) is 19.0 Å². The van der Waals surface area contributed by atoms with Crippen molar-refractivity contribution >= 4 is 17.5 Å². The van der Waals surface area contributed by atoms with Crippen molar-refractivity contribution in [3.63, 3.8) is 0 Å². The molecule has 2 N–H and O–H groups in total. The molecule has 3 aromatic rings. The van der Waals surface area contributed by atoms with Crippen LogP contribution in [0.4, 0.5) is 11.6 Å². The molecule has 7 heteroatoms. The molecule has 28 heavy (non-hydrogen) atoms.